The number of carbonyl (C=O) groups is 2. The van der Waals surface area contributed by atoms with Crippen LogP contribution in [0, 0.1) is 11.8 Å². The molecule has 0 spiro atoms. The second-order valence-electron chi connectivity index (χ2n) is 7.82. The summed E-state index contributed by atoms with van der Waals surface area (Å²) in [6, 6.07) is 7.44. The van der Waals surface area contributed by atoms with Crippen molar-refractivity contribution < 1.29 is 9.59 Å². The molecular formula is C21H34N4O2. The number of amides is 2. The number of hydrogen-bond acceptors (Lipinski definition) is 4. The first kappa shape index (κ1) is 21.4. The molecule has 1 fully saturated rings. The van der Waals surface area contributed by atoms with Gasteiger partial charge >= 0.3 is 0 Å². The third kappa shape index (κ3) is 7.69. The molecule has 6 nitrogen and oxygen atoms in total. The molecule has 3 N–H and O–H groups in total. The van der Waals surface area contributed by atoms with Gasteiger partial charge in [0.25, 0.3) is 5.91 Å². The highest BCUT2D eigenvalue weighted by Gasteiger charge is 2.21. The first-order valence-corrected chi connectivity index (χ1v) is 9.95. The summed E-state index contributed by atoms with van der Waals surface area (Å²) in [7, 11) is 3.95. The van der Waals surface area contributed by atoms with E-state index in [1.807, 2.05) is 37.2 Å². The zero-order valence-corrected chi connectivity index (χ0v) is 16.9. The van der Waals surface area contributed by atoms with E-state index in [1.165, 1.54) is 12.8 Å². The lowest BCUT2D eigenvalue weighted by molar-refractivity contribution is -0.122. The molecular weight excluding hydrogens is 340 g/mol. The van der Waals surface area contributed by atoms with Crippen LogP contribution in [-0.2, 0) is 11.3 Å². The second-order valence-corrected chi connectivity index (χ2v) is 7.82. The zero-order valence-electron chi connectivity index (χ0n) is 16.9. The number of benzene rings is 1. The molecule has 1 aromatic carbocycles. The van der Waals surface area contributed by atoms with Gasteiger partial charge in [0, 0.05) is 31.6 Å². The van der Waals surface area contributed by atoms with Gasteiger partial charge in [-0.15, -0.1) is 0 Å². The summed E-state index contributed by atoms with van der Waals surface area (Å²) < 4.78 is 0. The van der Waals surface area contributed by atoms with E-state index in [4.69, 9.17) is 0 Å². The van der Waals surface area contributed by atoms with Crippen LogP contribution in [0.5, 0.6) is 0 Å². The van der Waals surface area contributed by atoms with Gasteiger partial charge in [-0.1, -0.05) is 19.1 Å². The van der Waals surface area contributed by atoms with Gasteiger partial charge in [0.1, 0.15) is 0 Å². The lowest BCUT2D eigenvalue weighted by Crippen LogP contribution is -2.35. The fourth-order valence-corrected chi connectivity index (χ4v) is 3.41. The Bertz CT molecular complexity index is 612. The highest BCUT2D eigenvalue weighted by Crippen LogP contribution is 2.22. The first-order valence-electron chi connectivity index (χ1n) is 9.95. The van der Waals surface area contributed by atoms with Crippen molar-refractivity contribution in [3.05, 3.63) is 35.4 Å². The predicted molar refractivity (Wildman–Crippen MR) is 109 cm³/mol. The first-order chi connectivity index (χ1) is 13.0. The summed E-state index contributed by atoms with van der Waals surface area (Å²) in [5.41, 5.74) is 1.57. The number of carbonyl (C=O) groups excluding carboxylic acids is 2. The summed E-state index contributed by atoms with van der Waals surface area (Å²) in [5.74, 6) is 0.961. The second kappa shape index (κ2) is 11.0. The maximum atomic E-state index is 12.3. The van der Waals surface area contributed by atoms with E-state index in [0.29, 0.717) is 36.9 Å². The van der Waals surface area contributed by atoms with Crippen molar-refractivity contribution in [1.29, 1.82) is 0 Å². The molecule has 0 aliphatic carbocycles. The molecule has 1 heterocycles. The number of piperidine rings is 1. The van der Waals surface area contributed by atoms with Crippen molar-refractivity contribution >= 4 is 11.8 Å². The number of nitrogens with zero attached hydrogens (tertiary/aromatic N) is 1. The molecule has 27 heavy (non-hydrogen) atoms. The largest absolute Gasteiger partial charge is 0.352 e. The van der Waals surface area contributed by atoms with E-state index in [1.54, 1.807) is 6.07 Å². The van der Waals surface area contributed by atoms with Gasteiger partial charge in [0.15, 0.2) is 0 Å². The fraction of sp³-hybridized carbons (Fsp3) is 0.619. The highest BCUT2D eigenvalue weighted by molar-refractivity contribution is 5.94. The fourth-order valence-electron chi connectivity index (χ4n) is 3.41. The van der Waals surface area contributed by atoms with Gasteiger partial charge in [-0.3, -0.25) is 9.59 Å². The van der Waals surface area contributed by atoms with Gasteiger partial charge in [-0.25, -0.2) is 0 Å². The van der Waals surface area contributed by atoms with E-state index in [0.717, 1.165) is 25.2 Å². The molecule has 2 rings (SSSR count). The van der Waals surface area contributed by atoms with Crippen LogP contribution in [0.3, 0.4) is 0 Å². The molecule has 150 valence electrons. The van der Waals surface area contributed by atoms with Gasteiger partial charge in [0.2, 0.25) is 5.91 Å². The van der Waals surface area contributed by atoms with E-state index in [2.05, 4.69) is 22.9 Å². The van der Waals surface area contributed by atoms with Crippen LogP contribution in [0.1, 0.15) is 42.1 Å². The molecule has 1 aliphatic heterocycles. The van der Waals surface area contributed by atoms with Gasteiger partial charge in [-0.2, -0.15) is 0 Å². The van der Waals surface area contributed by atoms with Crippen LogP contribution in [0.4, 0.5) is 0 Å². The molecule has 2 unspecified atom stereocenters. The average molecular weight is 375 g/mol. The zero-order chi connectivity index (χ0) is 19.6. The van der Waals surface area contributed by atoms with E-state index in [-0.39, 0.29) is 11.8 Å². The molecule has 0 radical (unpaired) electrons. The molecule has 1 saturated heterocycles. The van der Waals surface area contributed by atoms with Crippen LogP contribution in [-0.4, -0.2) is 57.0 Å². The average Bonchev–Trinajstić information content (AvgIpc) is 2.67. The Morgan fingerprint density at radius 2 is 2.11 bits per heavy atom. The Hall–Kier alpha value is -1.92. The van der Waals surface area contributed by atoms with Crippen molar-refractivity contribution in [1.82, 2.24) is 20.9 Å². The van der Waals surface area contributed by atoms with Gasteiger partial charge < -0.3 is 20.9 Å². The molecule has 0 aromatic heterocycles. The standard InChI is InChI=1S/C21H34N4O2/c1-16(19-8-5-9-22-15-19)12-20(26)24-14-17-6-4-7-18(13-17)21(27)23-10-11-25(2)3/h4,6-7,13,16,19,22H,5,8-12,14-15H2,1-3H3,(H,23,27)(H,24,26). The monoisotopic (exact) mass is 374 g/mol. The lowest BCUT2D eigenvalue weighted by atomic mass is 9.85. The van der Waals surface area contributed by atoms with Gasteiger partial charge in [-0.05, 0) is 69.6 Å². The molecule has 2 atom stereocenters. The topological polar surface area (TPSA) is 73.5 Å². The van der Waals surface area contributed by atoms with Crippen LogP contribution >= 0.6 is 0 Å². The van der Waals surface area contributed by atoms with E-state index in [9.17, 15) is 9.59 Å². The minimum atomic E-state index is -0.0801. The maximum absolute atomic E-state index is 12.3. The summed E-state index contributed by atoms with van der Waals surface area (Å²) in [4.78, 5) is 26.5. The molecule has 0 bridgehead atoms. The molecule has 1 aromatic rings. The van der Waals surface area contributed by atoms with Gasteiger partial charge in [0.05, 0.1) is 0 Å². The summed E-state index contributed by atoms with van der Waals surface area (Å²) in [5, 5.41) is 9.32. The third-order valence-electron chi connectivity index (χ3n) is 5.17. The van der Waals surface area contributed by atoms with Crippen molar-refractivity contribution in [3.63, 3.8) is 0 Å². The van der Waals surface area contributed by atoms with Crippen LogP contribution in [0.2, 0.25) is 0 Å². The summed E-state index contributed by atoms with van der Waals surface area (Å²) >= 11 is 0. The predicted octanol–water partition coefficient (Wildman–Crippen LogP) is 1.62. The molecule has 0 saturated carbocycles. The Morgan fingerprint density at radius 1 is 1.30 bits per heavy atom. The number of hydrogen-bond donors (Lipinski definition) is 3. The molecule has 1 aliphatic rings. The number of nitrogens with one attached hydrogen (secondary N) is 3. The Balaban J connectivity index is 1.77. The van der Waals surface area contributed by atoms with Crippen molar-refractivity contribution in [3.8, 4) is 0 Å². The number of rotatable bonds is 9. The summed E-state index contributed by atoms with van der Waals surface area (Å²) in [6.07, 6.45) is 2.95. The van der Waals surface area contributed by atoms with Crippen LogP contribution in [0.25, 0.3) is 0 Å². The minimum absolute atomic E-state index is 0.0777. The van der Waals surface area contributed by atoms with Crippen molar-refractivity contribution in [2.45, 2.75) is 32.7 Å². The minimum Gasteiger partial charge on any atom is -0.352 e. The van der Waals surface area contributed by atoms with E-state index >= 15 is 0 Å². The smallest absolute Gasteiger partial charge is 0.251 e. The van der Waals surface area contributed by atoms with Crippen LogP contribution < -0.4 is 16.0 Å². The number of likely N-dealkylation sites (N-methyl/N-ethyl adjacent to an activating group) is 1. The maximum Gasteiger partial charge on any atom is 0.251 e. The SMILES string of the molecule is CC(CC(=O)NCc1cccc(C(=O)NCCN(C)C)c1)C1CCCNC1. The van der Waals surface area contributed by atoms with Crippen molar-refractivity contribution in [2.24, 2.45) is 11.8 Å². The summed E-state index contributed by atoms with van der Waals surface area (Å²) in [6.45, 7) is 6.13. The highest BCUT2D eigenvalue weighted by atomic mass is 16.2. The quantitative estimate of drug-likeness (QED) is 0.614. The Morgan fingerprint density at radius 3 is 2.81 bits per heavy atom. The normalized spacial score (nSPS) is 18.1. The Labute approximate surface area is 163 Å². The molecule has 6 heteroatoms. The third-order valence-corrected chi connectivity index (χ3v) is 5.17. The van der Waals surface area contributed by atoms with Crippen molar-refractivity contribution in [2.75, 3.05) is 40.3 Å². The van der Waals surface area contributed by atoms with Crippen LogP contribution in [0.15, 0.2) is 24.3 Å². The van der Waals surface area contributed by atoms with E-state index < -0.39 is 0 Å². The Kier molecular flexibility index (Phi) is 8.75. The molecule has 2 amide bonds. The lowest BCUT2D eigenvalue weighted by Gasteiger charge is -2.28.